The summed E-state index contributed by atoms with van der Waals surface area (Å²) < 4.78 is 5.42. The van der Waals surface area contributed by atoms with Gasteiger partial charge in [-0.2, -0.15) is 0 Å². The van der Waals surface area contributed by atoms with Crippen molar-refractivity contribution in [3.8, 4) is 0 Å². The molecular formula is C19H30N4O3. The third-order valence-corrected chi connectivity index (χ3v) is 5.31. The van der Waals surface area contributed by atoms with Gasteiger partial charge in [0, 0.05) is 45.0 Å². The Bertz CT molecular complexity index is 567. The summed E-state index contributed by atoms with van der Waals surface area (Å²) in [5.41, 5.74) is 0.622. The van der Waals surface area contributed by atoms with Gasteiger partial charge in [0.05, 0.1) is 24.9 Å². The molecule has 0 aromatic carbocycles. The summed E-state index contributed by atoms with van der Waals surface area (Å²) in [4.78, 5) is 21.4. The number of amides is 1. The molecule has 7 heteroatoms. The number of likely N-dealkylation sites (tertiary alicyclic amines) is 1. The van der Waals surface area contributed by atoms with Crippen LogP contribution in [-0.2, 0) is 4.74 Å². The minimum absolute atomic E-state index is 0.0538. The van der Waals surface area contributed by atoms with Gasteiger partial charge in [0.15, 0.2) is 0 Å². The van der Waals surface area contributed by atoms with E-state index in [9.17, 15) is 9.90 Å². The summed E-state index contributed by atoms with van der Waals surface area (Å²) in [6.07, 6.45) is 3.98. The lowest BCUT2D eigenvalue weighted by molar-refractivity contribution is 0.00158. The van der Waals surface area contributed by atoms with Crippen LogP contribution in [0.1, 0.15) is 36.5 Å². The number of morpholine rings is 1. The van der Waals surface area contributed by atoms with Crippen molar-refractivity contribution in [3.05, 3.63) is 23.9 Å². The molecule has 0 unspecified atom stereocenters. The molecule has 0 bridgehead atoms. The van der Waals surface area contributed by atoms with Crippen molar-refractivity contribution in [1.82, 2.24) is 14.8 Å². The Hall–Kier alpha value is -1.70. The van der Waals surface area contributed by atoms with Gasteiger partial charge in [-0.05, 0) is 31.4 Å². The van der Waals surface area contributed by atoms with E-state index in [1.807, 2.05) is 17.9 Å². The lowest BCUT2D eigenvalue weighted by Crippen LogP contribution is -2.50. The van der Waals surface area contributed by atoms with E-state index in [4.69, 9.17) is 4.74 Å². The normalized spacial score (nSPS) is 20.8. The Kier molecular flexibility index (Phi) is 6.82. The summed E-state index contributed by atoms with van der Waals surface area (Å²) in [5, 5.41) is 12.7. The number of hydrogen-bond acceptors (Lipinski definition) is 6. The Labute approximate surface area is 155 Å². The number of carbonyl (C=O) groups is 1. The number of piperidine rings is 1. The maximum absolute atomic E-state index is 12.7. The highest BCUT2D eigenvalue weighted by molar-refractivity contribution is 5.94. The van der Waals surface area contributed by atoms with E-state index < -0.39 is 0 Å². The van der Waals surface area contributed by atoms with Gasteiger partial charge in [-0.1, -0.05) is 6.92 Å². The number of aliphatic hydroxyl groups is 1. The third kappa shape index (κ3) is 4.93. The maximum Gasteiger partial charge on any atom is 0.255 e. The number of carbonyl (C=O) groups excluding carboxylic acids is 1. The lowest BCUT2D eigenvalue weighted by atomic mass is 10.0. The van der Waals surface area contributed by atoms with Crippen LogP contribution in [0.2, 0.25) is 0 Å². The first-order valence-electron chi connectivity index (χ1n) is 9.66. The zero-order chi connectivity index (χ0) is 18.4. The van der Waals surface area contributed by atoms with Crippen molar-refractivity contribution in [2.24, 2.45) is 0 Å². The van der Waals surface area contributed by atoms with Gasteiger partial charge < -0.3 is 20.1 Å². The van der Waals surface area contributed by atoms with Crippen LogP contribution in [0.25, 0.3) is 0 Å². The molecule has 7 nitrogen and oxygen atoms in total. The average Bonchev–Trinajstić information content (AvgIpc) is 2.72. The van der Waals surface area contributed by atoms with Crippen LogP contribution in [0.3, 0.4) is 0 Å². The van der Waals surface area contributed by atoms with Crippen LogP contribution in [0, 0.1) is 0 Å². The molecule has 0 saturated carbocycles. The van der Waals surface area contributed by atoms with Crippen molar-refractivity contribution >= 4 is 11.7 Å². The molecule has 0 radical (unpaired) electrons. The number of ether oxygens (including phenoxy) is 1. The van der Waals surface area contributed by atoms with Gasteiger partial charge in [-0.3, -0.25) is 9.69 Å². The molecule has 2 N–H and O–H groups in total. The van der Waals surface area contributed by atoms with Crippen molar-refractivity contribution in [1.29, 1.82) is 0 Å². The van der Waals surface area contributed by atoms with Crippen molar-refractivity contribution in [3.63, 3.8) is 0 Å². The van der Waals surface area contributed by atoms with E-state index in [1.165, 1.54) is 0 Å². The zero-order valence-corrected chi connectivity index (χ0v) is 15.6. The first-order valence-corrected chi connectivity index (χ1v) is 9.66. The first-order chi connectivity index (χ1) is 12.7. The standard InChI is InChI=1S/C19H30N4O3/c1-2-17(24)14-21-18-4-3-15(13-20-18)19(25)23-7-5-16(6-8-23)22-9-11-26-12-10-22/h3-4,13,16-17,24H,2,5-12,14H2,1H3,(H,20,21)/t17-/m1/s1. The summed E-state index contributed by atoms with van der Waals surface area (Å²) >= 11 is 0. The number of aromatic nitrogens is 1. The van der Waals surface area contributed by atoms with E-state index in [-0.39, 0.29) is 12.0 Å². The molecule has 3 heterocycles. The van der Waals surface area contributed by atoms with E-state index in [0.29, 0.717) is 30.4 Å². The monoisotopic (exact) mass is 362 g/mol. The molecule has 1 aromatic heterocycles. The number of aliphatic hydroxyl groups excluding tert-OH is 1. The second-order valence-electron chi connectivity index (χ2n) is 7.05. The van der Waals surface area contributed by atoms with Crippen LogP contribution in [-0.4, -0.2) is 83.9 Å². The lowest BCUT2D eigenvalue weighted by Gasteiger charge is -2.40. The second kappa shape index (κ2) is 9.30. The summed E-state index contributed by atoms with van der Waals surface area (Å²) in [7, 11) is 0. The van der Waals surface area contributed by atoms with Gasteiger partial charge in [0.25, 0.3) is 5.91 Å². The van der Waals surface area contributed by atoms with Gasteiger partial charge in [-0.25, -0.2) is 4.98 Å². The Balaban J connectivity index is 1.48. The summed E-state index contributed by atoms with van der Waals surface area (Å²) in [5.74, 6) is 0.734. The highest BCUT2D eigenvalue weighted by Crippen LogP contribution is 2.19. The van der Waals surface area contributed by atoms with Crippen LogP contribution in [0.5, 0.6) is 0 Å². The SMILES string of the molecule is CC[C@@H](O)CNc1ccc(C(=O)N2CCC(N3CCOCC3)CC2)cn1. The van der Waals surface area contributed by atoms with Crippen LogP contribution < -0.4 is 5.32 Å². The van der Waals surface area contributed by atoms with Gasteiger partial charge >= 0.3 is 0 Å². The molecule has 1 amide bonds. The van der Waals surface area contributed by atoms with Crippen LogP contribution in [0.4, 0.5) is 5.82 Å². The van der Waals surface area contributed by atoms with Crippen molar-refractivity contribution < 1.29 is 14.6 Å². The fourth-order valence-corrected chi connectivity index (χ4v) is 3.55. The molecule has 3 rings (SSSR count). The molecule has 1 aromatic rings. The fraction of sp³-hybridized carbons (Fsp3) is 0.684. The second-order valence-corrected chi connectivity index (χ2v) is 7.05. The molecule has 2 saturated heterocycles. The van der Waals surface area contributed by atoms with Gasteiger partial charge in [0.1, 0.15) is 5.82 Å². The fourth-order valence-electron chi connectivity index (χ4n) is 3.55. The topological polar surface area (TPSA) is 77.9 Å². The summed E-state index contributed by atoms with van der Waals surface area (Å²) in [6.45, 7) is 7.64. The maximum atomic E-state index is 12.7. The summed E-state index contributed by atoms with van der Waals surface area (Å²) in [6, 6.07) is 4.18. The Morgan fingerprint density at radius 2 is 2.04 bits per heavy atom. The van der Waals surface area contributed by atoms with Gasteiger partial charge in [0.2, 0.25) is 0 Å². The highest BCUT2D eigenvalue weighted by Gasteiger charge is 2.28. The third-order valence-electron chi connectivity index (χ3n) is 5.31. The minimum atomic E-state index is -0.383. The van der Waals surface area contributed by atoms with Crippen LogP contribution >= 0.6 is 0 Å². The molecule has 0 aliphatic carbocycles. The average molecular weight is 362 g/mol. The number of nitrogens with zero attached hydrogens (tertiary/aromatic N) is 3. The molecule has 1 atom stereocenters. The Morgan fingerprint density at radius 3 is 2.65 bits per heavy atom. The van der Waals surface area contributed by atoms with Crippen molar-refractivity contribution in [2.45, 2.75) is 38.3 Å². The zero-order valence-electron chi connectivity index (χ0n) is 15.6. The van der Waals surface area contributed by atoms with Crippen molar-refractivity contribution in [2.75, 3.05) is 51.3 Å². The minimum Gasteiger partial charge on any atom is -0.391 e. The number of pyridine rings is 1. The quantitative estimate of drug-likeness (QED) is 0.792. The highest BCUT2D eigenvalue weighted by atomic mass is 16.5. The Morgan fingerprint density at radius 1 is 1.31 bits per heavy atom. The van der Waals surface area contributed by atoms with Crippen LogP contribution in [0.15, 0.2) is 18.3 Å². The molecule has 0 spiro atoms. The molecule has 26 heavy (non-hydrogen) atoms. The smallest absolute Gasteiger partial charge is 0.255 e. The first kappa shape index (κ1) is 19.1. The number of anilines is 1. The largest absolute Gasteiger partial charge is 0.391 e. The van der Waals surface area contributed by atoms with E-state index in [2.05, 4.69) is 15.2 Å². The number of hydrogen-bond donors (Lipinski definition) is 2. The van der Waals surface area contributed by atoms with Gasteiger partial charge in [-0.15, -0.1) is 0 Å². The molecule has 2 aliphatic heterocycles. The number of rotatable bonds is 6. The predicted octanol–water partition coefficient (Wildman–Crippen LogP) is 1.20. The molecule has 2 aliphatic rings. The molecular weight excluding hydrogens is 332 g/mol. The van der Waals surface area contributed by atoms with E-state index in [1.54, 1.807) is 12.3 Å². The number of nitrogens with one attached hydrogen (secondary N) is 1. The predicted molar refractivity (Wildman–Crippen MR) is 100 cm³/mol. The van der Waals surface area contributed by atoms with E-state index in [0.717, 1.165) is 52.2 Å². The molecule has 2 fully saturated rings. The van der Waals surface area contributed by atoms with E-state index >= 15 is 0 Å². The molecule has 144 valence electrons.